The number of carbonyl (C=O) groups is 1. The van der Waals surface area contributed by atoms with Gasteiger partial charge < -0.3 is 10.1 Å². The zero-order chi connectivity index (χ0) is 23.6. The summed E-state index contributed by atoms with van der Waals surface area (Å²) in [5, 5.41) is 2.58. The Morgan fingerprint density at radius 1 is 1.06 bits per heavy atom. The van der Waals surface area contributed by atoms with Crippen LogP contribution in [0.4, 0.5) is 20.2 Å². The molecule has 0 radical (unpaired) electrons. The van der Waals surface area contributed by atoms with Gasteiger partial charge in [-0.05, 0) is 54.8 Å². The Bertz CT molecular complexity index is 1300. The van der Waals surface area contributed by atoms with Crippen LogP contribution >= 0.6 is 11.6 Å². The van der Waals surface area contributed by atoms with Crippen molar-refractivity contribution >= 4 is 38.9 Å². The number of fused-ring (bicyclic) bond motifs is 1. The minimum Gasteiger partial charge on any atom is -0.435 e. The zero-order valence-electron chi connectivity index (χ0n) is 17.2. The first-order chi connectivity index (χ1) is 15.8. The Labute approximate surface area is 194 Å². The normalized spacial score (nSPS) is 13.5. The Morgan fingerprint density at radius 2 is 1.85 bits per heavy atom. The molecule has 3 aromatic carbocycles. The molecule has 1 aliphatic heterocycles. The van der Waals surface area contributed by atoms with Gasteiger partial charge in [0, 0.05) is 18.3 Å². The molecule has 33 heavy (non-hydrogen) atoms. The van der Waals surface area contributed by atoms with Crippen LogP contribution < -0.4 is 14.4 Å². The van der Waals surface area contributed by atoms with Crippen molar-refractivity contribution in [2.24, 2.45) is 0 Å². The molecule has 0 saturated heterocycles. The van der Waals surface area contributed by atoms with Crippen LogP contribution in [0.25, 0.3) is 0 Å². The summed E-state index contributed by atoms with van der Waals surface area (Å²) >= 11 is 6.18. The number of hydrogen-bond acceptors (Lipinski definition) is 4. The van der Waals surface area contributed by atoms with E-state index in [2.05, 4.69) is 10.1 Å². The van der Waals surface area contributed by atoms with Crippen LogP contribution in [0, 0.1) is 0 Å². The summed E-state index contributed by atoms with van der Waals surface area (Å²) in [6.07, 6.45) is 1.46. The third-order valence-electron chi connectivity index (χ3n) is 5.16. The Balaban J connectivity index is 1.63. The minimum absolute atomic E-state index is 0.0467. The Hall–Kier alpha value is -3.17. The number of nitrogens with one attached hydrogen (secondary N) is 1. The van der Waals surface area contributed by atoms with Crippen molar-refractivity contribution in [3.05, 3.63) is 82.9 Å². The lowest BCUT2D eigenvalue weighted by Crippen LogP contribution is -2.35. The average molecular weight is 493 g/mol. The maximum absolute atomic E-state index is 13.4. The van der Waals surface area contributed by atoms with Crippen molar-refractivity contribution in [3.63, 3.8) is 0 Å². The van der Waals surface area contributed by atoms with Gasteiger partial charge in [0.1, 0.15) is 5.75 Å². The standard InChI is InChI=1S/C23H19ClF2N2O4S/c24-20-11-10-18(33(30,31)28-12-4-6-15-5-1-2-9-21(15)28)14-19(20)22(29)27-16-7-3-8-17(13-16)32-23(25)26/h1-3,5,7-11,13-14,23H,4,6,12H2,(H,27,29). The van der Waals surface area contributed by atoms with Gasteiger partial charge in [-0.2, -0.15) is 8.78 Å². The van der Waals surface area contributed by atoms with Crippen molar-refractivity contribution in [3.8, 4) is 5.75 Å². The highest BCUT2D eigenvalue weighted by molar-refractivity contribution is 7.92. The number of carbonyl (C=O) groups excluding carboxylic acids is 1. The van der Waals surface area contributed by atoms with E-state index in [1.54, 1.807) is 12.1 Å². The SMILES string of the molecule is O=C(Nc1cccc(OC(F)F)c1)c1cc(S(=O)(=O)N2CCCc3ccccc32)ccc1Cl. The second-order valence-electron chi connectivity index (χ2n) is 7.31. The van der Waals surface area contributed by atoms with Gasteiger partial charge >= 0.3 is 6.61 Å². The van der Waals surface area contributed by atoms with Crippen LogP contribution in [-0.4, -0.2) is 27.5 Å². The van der Waals surface area contributed by atoms with E-state index in [1.165, 1.54) is 46.8 Å². The number of aryl methyl sites for hydroxylation is 1. The number of rotatable bonds is 6. The van der Waals surface area contributed by atoms with Crippen molar-refractivity contribution in [1.29, 1.82) is 0 Å². The molecular formula is C23H19ClF2N2O4S. The summed E-state index contributed by atoms with van der Waals surface area (Å²) in [5.41, 5.74) is 1.67. The monoisotopic (exact) mass is 492 g/mol. The van der Waals surface area contributed by atoms with E-state index in [1.807, 2.05) is 12.1 Å². The van der Waals surface area contributed by atoms with Crippen molar-refractivity contribution < 1.29 is 26.7 Å². The summed E-state index contributed by atoms with van der Waals surface area (Å²) < 4.78 is 57.4. The third kappa shape index (κ3) is 4.94. The summed E-state index contributed by atoms with van der Waals surface area (Å²) in [6, 6.07) is 16.6. The van der Waals surface area contributed by atoms with Gasteiger partial charge in [0.15, 0.2) is 0 Å². The second-order valence-corrected chi connectivity index (χ2v) is 9.58. The molecule has 0 atom stereocenters. The number of amides is 1. The first-order valence-corrected chi connectivity index (χ1v) is 11.8. The predicted octanol–water partition coefficient (Wildman–Crippen LogP) is 5.34. The molecule has 0 fully saturated rings. The molecule has 1 aliphatic rings. The topological polar surface area (TPSA) is 75.7 Å². The van der Waals surface area contributed by atoms with E-state index in [0.29, 0.717) is 18.7 Å². The molecule has 6 nitrogen and oxygen atoms in total. The number of ether oxygens (including phenoxy) is 1. The summed E-state index contributed by atoms with van der Waals surface area (Å²) in [6.45, 7) is -2.69. The van der Waals surface area contributed by atoms with E-state index in [-0.39, 0.29) is 26.9 Å². The highest BCUT2D eigenvalue weighted by Gasteiger charge is 2.30. The Kier molecular flexibility index (Phi) is 6.53. The number of anilines is 2. The molecule has 0 spiro atoms. The highest BCUT2D eigenvalue weighted by atomic mass is 35.5. The van der Waals surface area contributed by atoms with Gasteiger partial charge in [-0.25, -0.2) is 8.42 Å². The fraction of sp³-hybridized carbons (Fsp3) is 0.174. The van der Waals surface area contributed by atoms with Crippen LogP contribution in [0.3, 0.4) is 0 Å². The molecule has 3 aromatic rings. The number of halogens is 3. The van der Waals surface area contributed by atoms with Crippen LogP contribution in [0.15, 0.2) is 71.6 Å². The van der Waals surface area contributed by atoms with E-state index in [9.17, 15) is 22.0 Å². The maximum Gasteiger partial charge on any atom is 0.387 e. The maximum atomic E-state index is 13.4. The quantitative estimate of drug-likeness (QED) is 0.504. The number of alkyl halides is 2. The number of benzene rings is 3. The largest absolute Gasteiger partial charge is 0.435 e. The van der Waals surface area contributed by atoms with Crippen LogP contribution in [0.1, 0.15) is 22.3 Å². The van der Waals surface area contributed by atoms with Gasteiger partial charge in [-0.3, -0.25) is 9.10 Å². The van der Waals surface area contributed by atoms with Crippen molar-refractivity contribution in [2.75, 3.05) is 16.2 Å². The highest BCUT2D eigenvalue weighted by Crippen LogP contribution is 2.33. The molecule has 4 rings (SSSR count). The van der Waals surface area contributed by atoms with E-state index >= 15 is 0 Å². The fourth-order valence-corrected chi connectivity index (χ4v) is 5.43. The smallest absolute Gasteiger partial charge is 0.387 e. The molecule has 0 bridgehead atoms. The lowest BCUT2D eigenvalue weighted by Gasteiger charge is -2.30. The first-order valence-electron chi connectivity index (χ1n) is 10.0. The summed E-state index contributed by atoms with van der Waals surface area (Å²) in [7, 11) is -3.95. The molecule has 0 aromatic heterocycles. The van der Waals surface area contributed by atoms with Crippen LogP contribution in [0.5, 0.6) is 5.75 Å². The average Bonchev–Trinajstić information content (AvgIpc) is 2.78. The van der Waals surface area contributed by atoms with Gasteiger partial charge in [0.25, 0.3) is 15.9 Å². The molecule has 0 unspecified atom stereocenters. The van der Waals surface area contributed by atoms with E-state index in [0.717, 1.165) is 12.0 Å². The zero-order valence-corrected chi connectivity index (χ0v) is 18.7. The number of hydrogen-bond donors (Lipinski definition) is 1. The van der Waals surface area contributed by atoms with Gasteiger partial charge in [0.05, 0.1) is 21.2 Å². The number of para-hydroxylation sites is 1. The first kappa shape index (κ1) is 23.0. The number of nitrogens with zero attached hydrogens (tertiary/aromatic N) is 1. The molecule has 0 aliphatic carbocycles. The molecule has 1 N–H and O–H groups in total. The van der Waals surface area contributed by atoms with Gasteiger partial charge in [0.2, 0.25) is 0 Å². The number of sulfonamides is 1. The second kappa shape index (κ2) is 9.36. The molecular weight excluding hydrogens is 474 g/mol. The molecule has 10 heteroatoms. The van der Waals surface area contributed by atoms with Crippen molar-refractivity contribution in [1.82, 2.24) is 0 Å². The minimum atomic E-state index is -3.95. The summed E-state index contributed by atoms with van der Waals surface area (Å²) in [5.74, 6) is -0.820. The van der Waals surface area contributed by atoms with Crippen LogP contribution in [-0.2, 0) is 16.4 Å². The predicted molar refractivity (Wildman–Crippen MR) is 122 cm³/mol. The fourth-order valence-electron chi connectivity index (χ4n) is 3.66. The summed E-state index contributed by atoms with van der Waals surface area (Å²) in [4.78, 5) is 12.7. The van der Waals surface area contributed by atoms with E-state index in [4.69, 9.17) is 11.6 Å². The lowest BCUT2D eigenvalue weighted by molar-refractivity contribution is -0.0498. The molecule has 0 saturated carbocycles. The Morgan fingerprint density at radius 3 is 2.64 bits per heavy atom. The van der Waals surface area contributed by atoms with E-state index < -0.39 is 22.5 Å². The molecule has 1 amide bonds. The van der Waals surface area contributed by atoms with Crippen molar-refractivity contribution in [2.45, 2.75) is 24.3 Å². The van der Waals surface area contributed by atoms with Crippen LogP contribution in [0.2, 0.25) is 5.02 Å². The lowest BCUT2D eigenvalue weighted by atomic mass is 10.0. The molecule has 1 heterocycles. The molecule has 172 valence electrons. The van der Waals surface area contributed by atoms with Gasteiger partial charge in [-0.1, -0.05) is 35.9 Å². The third-order valence-corrected chi connectivity index (χ3v) is 7.29. The van der Waals surface area contributed by atoms with Gasteiger partial charge in [-0.15, -0.1) is 0 Å².